The van der Waals surface area contributed by atoms with Crippen LogP contribution in [0.2, 0.25) is 0 Å². The largest absolute Gasteiger partial charge is 0.480 e. The van der Waals surface area contributed by atoms with E-state index in [-0.39, 0.29) is 5.52 Å². The number of benzene rings is 1. The monoisotopic (exact) mass is 374 g/mol. The first-order chi connectivity index (χ1) is 12.9. The molecule has 10 heteroatoms. The fourth-order valence-electron chi connectivity index (χ4n) is 2.78. The number of halogens is 3. The standard InChI is InChI=1S/C17H13F3N6O/c1-27-15-7-6-14(23-24-15)26-12-5-4-10(17(18,19)20)9-11(12)22-16(26)13-3-2-8-25(13)21/h2-9H,21H2,1H3. The second-order valence-corrected chi connectivity index (χ2v) is 5.71. The molecule has 0 fully saturated rings. The Labute approximate surface area is 150 Å². The molecule has 0 bridgehead atoms. The fourth-order valence-corrected chi connectivity index (χ4v) is 2.78. The molecule has 1 aromatic carbocycles. The Morgan fingerprint density at radius 2 is 1.89 bits per heavy atom. The molecule has 0 saturated heterocycles. The predicted octanol–water partition coefficient (Wildman–Crippen LogP) is 3.03. The van der Waals surface area contributed by atoms with Crippen molar-refractivity contribution in [2.75, 3.05) is 13.0 Å². The lowest BCUT2D eigenvalue weighted by Crippen LogP contribution is -2.11. The third-order valence-corrected chi connectivity index (χ3v) is 4.05. The molecule has 27 heavy (non-hydrogen) atoms. The highest BCUT2D eigenvalue weighted by molar-refractivity contribution is 5.83. The van der Waals surface area contributed by atoms with Gasteiger partial charge in [-0.05, 0) is 36.4 Å². The van der Waals surface area contributed by atoms with E-state index in [1.165, 1.54) is 17.9 Å². The van der Waals surface area contributed by atoms with Crippen LogP contribution in [0.1, 0.15) is 5.56 Å². The van der Waals surface area contributed by atoms with Crippen LogP contribution in [-0.2, 0) is 6.18 Å². The molecular formula is C17H13F3N6O. The zero-order chi connectivity index (χ0) is 19.2. The van der Waals surface area contributed by atoms with E-state index in [2.05, 4.69) is 15.2 Å². The summed E-state index contributed by atoms with van der Waals surface area (Å²) in [6, 6.07) is 10.0. The number of aromatic nitrogens is 5. The molecule has 0 radical (unpaired) electrons. The SMILES string of the molecule is COc1ccc(-n2c(-c3cccn3N)nc3cc(C(F)(F)F)ccc32)nn1. The third kappa shape index (κ3) is 2.84. The zero-order valence-corrected chi connectivity index (χ0v) is 14.0. The molecule has 0 atom stereocenters. The van der Waals surface area contributed by atoms with Gasteiger partial charge >= 0.3 is 6.18 Å². The fraction of sp³-hybridized carbons (Fsp3) is 0.118. The Bertz CT molecular complexity index is 1110. The number of fused-ring (bicyclic) bond motifs is 1. The van der Waals surface area contributed by atoms with Gasteiger partial charge in [0.25, 0.3) is 0 Å². The number of nitrogens with two attached hydrogens (primary N) is 1. The van der Waals surface area contributed by atoms with Gasteiger partial charge in [-0.3, -0.25) is 9.24 Å². The van der Waals surface area contributed by atoms with E-state index < -0.39 is 11.7 Å². The minimum absolute atomic E-state index is 0.165. The quantitative estimate of drug-likeness (QED) is 0.558. The second kappa shape index (κ2) is 6.01. The number of ether oxygens (including phenoxy) is 1. The van der Waals surface area contributed by atoms with E-state index in [1.807, 2.05) is 0 Å². The van der Waals surface area contributed by atoms with E-state index in [1.54, 1.807) is 35.0 Å². The van der Waals surface area contributed by atoms with Gasteiger partial charge in [0.15, 0.2) is 11.6 Å². The Kier molecular flexibility index (Phi) is 3.76. The van der Waals surface area contributed by atoms with Crippen molar-refractivity contribution in [1.29, 1.82) is 0 Å². The molecule has 4 rings (SSSR count). The normalized spacial score (nSPS) is 11.9. The number of nitrogens with zero attached hydrogens (tertiary/aromatic N) is 5. The molecule has 0 saturated carbocycles. The number of imidazole rings is 1. The minimum atomic E-state index is -4.47. The lowest BCUT2D eigenvalue weighted by atomic mass is 10.2. The summed E-state index contributed by atoms with van der Waals surface area (Å²) in [5, 5.41) is 8.01. The first-order valence-corrected chi connectivity index (χ1v) is 7.79. The van der Waals surface area contributed by atoms with Gasteiger partial charge in [0.2, 0.25) is 5.88 Å². The molecule has 3 aromatic heterocycles. The number of methoxy groups -OCH3 is 1. The number of rotatable bonds is 3. The zero-order valence-electron chi connectivity index (χ0n) is 14.0. The molecule has 0 aliphatic rings. The Balaban J connectivity index is 2.00. The highest BCUT2D eigenvalue weighted by Crippen LogP contribution is 2.34. The molecule has 0 aliphatic heterocycles. The molecule has 7 nitrogen and oxygen atoms in total. The third-order valence-electron chi connectivity index (χ3n) is 4.05. The van der Waals surface area contributed by atoms with Crippen LogP contribution in [0.5, 0.6) is 5.88 Å². The maximum absolute atomic E-state index is 13.1. The van der Waals surface area contributed by atoms with Crippen LogP contribution in [0.25, 0.3) is 28.4 Å². The highest BCUT2D eigenvalue weighted by Gasteiger charge is 2.31. The molecule has 2 N–H and O–H groups in total. The molecule has 3 heterocycles. The van der Waals surface area contributed by atoms with E-state index >= 15 is 0 Å². The minimum Gasteiger partial charge on any atom is -0.480 e. The van der Waals surface area contributed by atoms with Crippen molar-refractivity contribution in [3.63, 3.8) is 0 Å². The molecule has 0 spiro atoms. The Hall–Kier alpha value is -3.56. The van der Waals surface area contributed by atoms with Crippen LogP contribution >= 0.6 is 0 Å². The van der Waals surface area contributed by atoms with Crippen molar-refractivity contribution >= 4 is 11.0 Å². The van der Waals surface area contributed by atoms with Gasteiger partial charge in [-0.15, -0.1) is 10.2 Å². The molecule has 138 valence electrons. The van der Waals surface area contributed by atoms with Gasteiger partial charge in [0.05, 0.1) is 23.7 Å². The second-order valence-electron chi connectivity index (χ2n) is 5.71. The van der Waals surface area contributed by atoms with Gasteiger partial charge in [-0.2, -0.15) is 13.2 Å². The van der Waals surface area contributed by atoms with Crippen molar-refractivity contribution in [2.45, 2.75) is 6.18 Å². The lowest BCUT2D eigenvalue weighted by molar-refractivity contribution is -0.137. The average Bonchev–Trinajstić information content (AvgIpc) is 3.23. The van der Waals surface area contributed by atoms with Crippen LogP contribution < -0.4 is 10.6 Å². The van der Waals surface area contributed by atoms with Gasteiger partial charge in [-0.25, -0.2) is 4.98 Å². The lowest BCUT2D eigenvalue weighted by Gasteiger charge is -2.09. The molecule has 0 amide bonds. The molecule has 0 aliphatic carbocycles. The first kappa shape index (κ1) is 16.9. The Morgan fingerprint density at radius 3 is 2.48 bits per heavy atom. The summed E-state index contributed by atoms with van der Waals surface area (Å²) in [6.07, 6.45) is -2.86. The maximum Gasteiger partial charge on any atom is 0.416 e. The van der Waals surface area contributed by atoms with Crippen LogP contribution in [-0.4, -0.2) is 31.5 Å². The summed E-state index contributed by atoms with van der Waals surface area (Å²) in [7, 11) is 1.46. The van der Waals surface area contributed by atoms with Crippen LogP contribution in [0.4, 0.5) is 13.2 Å². The maximum atomic E-state index is 13.1. The van der Waals surface area contributed by atoms with Gasteiger partial charge in [0.1, 0.15) is 5.69 Å². The van der Waals surface area contributed by atoms with Crippen molar-refractivity contribution in [1.82, 2.24) is 24.4 Å². The van der Waals surface area contributed by atoms with E-state index in [9.17, 15) is 13.2 Å². The Morgan fingerprint density at radius 1 is 1.07 bits per heavy atom. The highest BCUT2D eigenvalue weighted by atomic mass is 19.4. The van der Waals surface area contributed by atoms with Crippen molar-refractivity contribution in [2.24, 2.45) is 0 Å². The topological polar surface area (TPSA) is 83.8 Å². The summed E-state index contributed by atoms with van der Waals surface area (Å²) < 4.78 is 47.1. The van der Waals surface area contributed by atoms with Crippen molar-refractivity contribution in [3.8, 4) is 23.2 Å². The molecule has 4 aromatic rings. The van der Waals surface area contributed by atoms with E-state index in [0.717, 1.165) is 12.1 Å². The summed E-state index contributed by atoms with van der Waals surface area (Å²) in [5.74, 6) is 6.94. The van der Waals surface area contributed by atoms with Gasteiger partial charge in [-0.1, -0.05) is 0 Å². The number of alkyl halides is 3. The van der Waals surface area contributed by atoms with E-state index in [0.29, 0.717) is 28.7 Å². The average molecular weight is 374 g/mol. The summed E-state index contributed by atoms with van der Waals surface area (Å²) in [5.41, 5.74) is 0.338. The summed E-state index contributed by atoms with van der Waals surface area (Å²) in [4.78, 5) is 4.37. The van der Waals surface area contributed by atoms with E-state index in [4.69, 9.17) is 10.6 Å². The number of hydrogen-bond acceptors (Lipinski definition) is 5. The summed E-state index contributed by atoms with van der Waals surface area (Å²) in [6.45, 7) is 0. The predicted molar refractivity (Wildman–Crippen MR) is 91.8 cm³/mol. The number of nitrogen functional groups attached to an aromatic ring is 1. The summed E-state index contributed by atoms with van der Waals surface area (Å²) >= 11 is 0. The van der Waals surface area contributed by atoms with Crippen LogP contribution in [0.15, 0.2) is 48.7 Å². The van der Waals surface area contributed by atoms with Gasteiger partial charge in [0, 0.05) is 12.3 Å². The van der Waals surface area contributed by atoms with Crippen molar-refractivity contribution < 1.29 is 17.9 Å². The number of hydrogen-bond donors (Lipinski definition) is 1. The first-order valence-electron chi connectivity index (χ1n) is 7.79. The van der Waals surface area contributed by atoms with Crippen LogP contribution in [0.3, 0.4) is 0 Å². The van der Waals surface area contributed by atoms with Crippen molar-refractivity contribution in [3.05, 3.63) is 54.2 Å². The van der Waals surface area contributed by atoms with Gasteiger partial charge < -0.3 is 10.6 Å². The molecule has 0 unspecified atom stereocenters. The molecular weight excluding hydrogens is 361 g/mol. The van der Waals surface area contributed by atoms with Crippen LogP contribution in [0, 0.1) is 0 Å². The smallest absolute Gasteiger partial charge is 0.416 e.